The van der Waals surface area contributed by atoms with Crippen molar-refractivity contribution in [1.82, 2.24) is 10.9 Å². The monoisotopic (exact) mass is 403 g/mol. The maximum atomic E-state index is 13.5. The molecule has 0 bridgehead atoms. The summed E-state index contributed by atoms with van der Waals surface area (Å²) in [5.74, 6) is 1.00. The largest absolute Gasteiger partial charge is 0.497 e. The number of nitrogens with zero attached hydrogens (tertiary/aromatic N) is 1. The zero-order valence-electron chi connectivity index (χ0n) is 17.2. The first kappa shape index (κ1) is 19.1. The Hall–Kier alpha value is -2.89. The van der Waals surface area contributed by atoms with E-state index >= 15 is 0 Å². The minimum Gasteiger partial charge on any atom is -0.497 e. The molecule has 2 heterocycles. The molecular formula is C25H26FN3O. The molecule has 0 aliphatic carbocycles. The summed E-state index contributed by atoms with van der Waals surface area (Å²) in [6, 6.07) is 22.1. The van der Waals surface area contributed by atoms with Crippen molar-refractivity contribution in [2.24, 2.45) is 5.92 Å². The van der Waals surface area contributed by atoms with Crippen molar-refractivity contribution < 1.29 is 9.13 Å². The van der Waals surface area contributed by atoms with E-state index < -0.39 is 0 Å². The first-order chi connectivity index (χ1) is 14.6. The average Bonchev–Trinajstić information content (AvgIpc) is 3.18. The summed E-state index contributed by atoms with van der Waals surface area (Å²) in [4.78, 5) is 2.45. The van der Waals surface area contributed by atoms with Crippen molar-refractivity contribution in [2.75, 3.05) is 18.6 Å². The molecule has 0 spiro atoms. The highest BCUT2D eigenvalue weighted by molar-refractivity contribution is 5.60. The highest BCUT2D eigenvalue weighted by Gasteiger charge is 2.43. The summed E-state index contributed by atoms with van der Waals surface area (Å²) in [5, 5.41) is 0. The van der Waals surface area contributed by atoms with Gasteiger partial charge in [0.2, 0.25) is 0 Å². The van der Waals surface area contributed by atoms with Crippen molar-refractivity contribution >= 4 is 5.69 Å². The number of hydrazine groups is 1. The summed E-state index contributed by atoms with van der Waals surface area (Å²) in [6.45, 7) is 3.85. The molecule has 2 aliphatic heterocycles. The summed E-state index contributed by atoms with van der Waals surface area (Å²) >= 11 is 0. The minimum atomic E-state index is -0.203. The van der Waals surface area contributed by atoms with Gasteiger partial charge in [0, 0.05) is 24.7 Å². The maximum Gasteiger partial charge on any atom is 0.123 e. The second-order valence-electron chi connectivity index (χ2n) is 8.25. The lowest BCUT2D eigenvalue weighted by atomic mass is 9.81. The number of aryl methyl sites for hydroxylation is 1. The van der Waals surface area contributed by atoms with E-state index in [-0.39, 0.29) is 17.9 Å². The molecule has 0 amide bonds. The number of rotatable bonds is 4. The van der Waals surface area contributed by atoms with Crippen LogP contribution in [0.25, 0.3) is 0 Å². The van der Waals surface area contributed by atoms with E-state index in [1.807, 2.05) is 24.3 Å². The SMILES string of the molecule is COc1cccc(CN2CC3C(c4ccc(F)cc4)NNC3c3cc(C)ccc32)c1. The van der Waals surface area contributed by atoms with Gasteiger partial charge in [-0.25, -0.2) is 15.2 Å². The zero-order chi connectivity index (χ0) is 20.7. The molecule has 0 aromatic heterocycles. The lowest BCUT2D eigenvalue weighted by molar-refractivity contribution is 0.400. The molecule has 2 N–H and O–H groups in total. The summed E-state index contributed by atoms with van der Waals surface area (Å²) < 4.78 is 18.9. The third kappa shape index (κ3) is 3.44. The van der Waals surface area contributed by atoms with Crippen LogP contribution in [0.3, 0.4) is 0 Å². The van der Waals surface area contributed by atoms with E-state index in [2.05, 4.69) is 53.0 Å². The Morgan fingerprint density at radius 1 is 1.00 bits per heavy atom. The van der Waals surface area contributed by atoms with E-state index in [4.69, 9.17) is 4.74 Å². The molecule has 1 fully saturated rings. The number of fused-ring (bicyclic) bond motifs is 3. The van der Waals surface area contributed by atoms with Crippen LogP contribution < -0.4 is 20.5 Å². The minimum absolute atomic E-state index is 0.122. The molecule has 3 atom stereocenters. The van der Waals surface area contributed by atoms with Crippen molar-refractivity contribution in [3.8, 4) is 5.75 Å². The predicted molar refractivity (Wildman–Crippen MR) is 117 cm³/mol. The number of benzene rings is 3. The first-order valence-electron chi connectivity index (χ1n) is 10.4. The van der Waals surface area contributed by atoms with Crippen LogP contribution in [0.15, 0.2) is 66.7 Å². The van der Waals surface area contributed by atoms with Gasteiger partial charge >= 0.3 is 0 Å². The van der Waals surface area contributed by atoms with Crippen LogP contribution in [0.5, 0.6) is 5.75 Å². The van der Waals surface area contributed by atoms with E-state index in [0.29, 0.717) is 5.92 Å². The molecule has 3 aromatic rings. The topological polar surface area (TPSA) is 36.5 Å². The Labute approximate surface area is 176 Å². The fourth-order valence-corrected chi connectivity index (χ4v) is 4.81. The Bertz CT molecular complexity index is 1050. The van der Waals surface area contributed by atoms with Gasteiger partial charge in [-0.3, -0.25) is 0 Å². The van der Waals surface area contributed by atoms with Crippen LogP contribution in [0.4, 0.5) is 10.1 Å². The molecule has 0 saturated carbocycles. The quantitative estimate of drug-likeness (QED) is 0.664. The van der Waals surface area contributed by atoms with Gasteiger partial charge in [0.25, 0.3) is 0 Å². The summed E-state index contributed by atoms with van der Waals surface area (Å²) in [7, 11) is 1.70. The normalized spacial score (nSPS) is 22.5. The molecule has 154 valence electrons. The number of nitrogens with one attached hydrogen (secondary N) is 2. The van der Waals surface area contributed by atoms with Gasteiger partial charge in [-0.15, -0.1) is 0 Å². The van der Waals surface area contributed by atoms with E-state index in [9.17, 15) is 4.39 Å². The highest BCUT2D eigenvalue weighted by Crippen LogP contribution is 2.45. The zero-order valence-corrected chi connectivity index (χ0v) is 17.2. The van der Waals surface area contributed by atoms with Crippen LogP contribution in [-0.4, -0.2) is 13.7 Å². The molecule has 1 saturated heterocycles. The van der Waals surface area contributed by atoms with Gasteiger partial charge in [-0.2, -0.15) is 0 Å². The Balaban J connectivity index is 1.50. The van der Waals surface area contributed by atoms with Crippen LogP contribution >= 0.6 is 0 Å². The number of halogens is 1. The lowest BCUT2D eigenvalue weighted by Gasteiger charge is -2.39. The molecule has 3 unspecified atom stereocenters. The third-order valence-corrected chi connectivity index (χ3v) is 6.28. The van der Waals surface area contributed by atoms with Gasteiger partial charge in [0.1, 0.15) is 11.6 Å². The molecule has 2 aliphatic rings. The van der Waals surface area contributed by atoms with Gasteiger partial charge in [-0.1, -0.05) is 42.0 Å². The Kier molecular flexibility index (Phi) is 4.93. The highest BCUT2D eigenvalue weighted by atomic mass is 19.1. The van der Waals surface area contributed by atoms with E-state index in [1.54, 1.807) is 19.2 Å². The molecule has 5 heteroatoms. The fraction of sp³-hybridized carbons (Fsp3) is 0.280. The number of methoxy groups -OCH3 is 1. The molecule has 30 heavy (non-hydrogen) atoms. The van der Waals surface area contributed by atoms with Crippen molar-refractivity contribution in [1.29, 1.82) is 0 Å². The van der Waals surface area contributed by atoms with Crippen molar-refractivity contribution in [3.63, 3.8) is 0 Å². The van der Waals surface area contributed by atoms with Gasteiger partial charge in [0.05, 0.1) is 19.2 Å². The number of hydrogen-bond donors (Lipinski definition) is 2. The van der Waals surface area contributed by atoms with Gasteiger partial charge in [0.15, 0.2) is 0 Å². The second-order valence-corrected chi connectivity index (χ2v) is 8.25. The van der Waals surface area contributed by atoms with E-state index in [1.165, 1.54) is 22.4 Å². The standard InChI is InChI=1S/C25H26FN3O/c1-16-6-11-23-21(12-16)25-22(24(27-28-25)18-7-9-19(26)10-8-18)15-29(23)14-17-4-3-5-20(13-17)30-2/h3-13,22,24-25,27-28H,14-15H2,1-2H3. The number of ether oxygens (including phenoxy) is 1. The Morgan fingerprint density at radius 3 is 2.60 bits per heavy atom. The molecule has 5 rings (SSSR count). The maximum absolute atomic E-state index is 13.5. The third-order valence-electron chi connectivity index (χ3n) is 6.28. The van der Waals surface area contributed by atoms with Gasteiger partial charge < -0.3 is 9.64 Å². The lowest BCUT2D eigenvalue weighted by Crippen LogP contribution is -2.39. The number of hydrogen-bond acceptors (Lipinski definition) is 4. The van der Waals surface area contributed by atoms with Crippen LogP contribution in [0, 0.1) is 18.7 Å². The van der Waals surface area contributed by atoms with Gasteiger partial charge in [-0.05, 0) is 53.9 Å². The molecular weight excluding hydrogens is 377 g/mol. The average molecular weight is 404 g/mol. The van der Waals surface area contributed by atoms with Crippen LogP contribution in [0.2, 0.25) is 0 Å². The molecule has 4 nitrogen and oxygen atoms in total. The first-order valence-corrected chi connectivity index (χ1v) is 10.4. The molecule has 0 radical (unpaired) electrons. The molecule has 3 aromatic carbocycles. The summed E-state index contributed by atoms with van der Waals surface area (Å²) in [5.41, 5.74) is 13.1. The Morgan fingerprint density at radius 2 is 1.80 bits per heavy atom. The van der Waals surface area contributed by atoms with Crippen LogP contribution in [0.1, 0.15) is 34.3 Å². The predicted octanol–water partition coefficient (Wildman–Crippen LogP) is 4.67. The summed E-state index contributed by atoms with van der Waals surface area (Å²) in [6.07, 6.45) is 0. The second kappa shape index (κ2) is 7.74. The van der Waals surface area contributed by atoms with E-state index in [0.717, 1.165) is 24.4 Å². The fourth-order valence-electron chi connectivity index (χ4n) is 4.81. The number of anilines is 1. The van der Waals surface area contributed by atoms with Crippen molar-refractivity contribution in [3.05, 3.63) is 94.8 Å². The van der Waals surface area contributed by atoms with Crippen LogP contribution in [-0.2, 0) is 6.54 Å². The van der Waals surface area contributed by atoms with Crippen molar-refractivity contribution in [2.45, 2.75) is 25.6 Å². The smallest absolute Gasteiger partial charge is 0.123 e.